The highest BCUT2D eigenvalue weighted by molar-refractivity contribution is 5.46. The fourth-order valence-electron chi connectivity index (χ4n) is 2.01. The molecule has 86 valence electrons. The van der Waals surface area contributed by atoms with Gasteiger partial charge in [-0.05, 0) is 29.5 Å². The fourth-order valence-corrected chi connectivity index (χ4v) is 2.01. The van der Waals surface area contributed by atoms with Gasteiger partial charge in [0.15, 0.2) is 0 Å². The molecule has 1 unspecified atom stereocenters. The van der Waals surface area contributed by atoms with E-state index in [-0.39, 0.29) is 0 Å². The van der Waals surface area contributed by atoms with E-state index in [1.165, 1.54) is 31.2 Å². The molecule has 1 rings (SSSR count). The van der Waals surface area contributed by atoms with Crippen LogP contribution in [0.3, 0.4) is 0 Å². The van der Waals surface area contributed by atoms with Crippen LogP contribution >= 0.6 is 0 Å². The van der Waals surface area contributed by atoms with Gasteiger partial charge in [-0.25, -0.2) is 0 Å². The molecule has 0 bridgehead atoms. The first kappa shape index (κ1) is 13.0. The maximum Gasteiger partial charge on any atom is -0.0149 e. The van der Waals surface area contributed by atoms with E-state index in [0.717, 1.165) is 17.9 Å². The number of rotatable bonds is 7. The highest BCUT2D eigenvalue weighted by Gasteiger charge is 2.07. The molecule has 0 heteroatoms. The molecule has 0 heterocycles. The SMILES string of the molecule is [CH]=Cc1cc[c]c(CC(CC)CCCC)c1. The van der Waals surface area contributed by atoms with Crippen molar-refractivity contribution in [2.45, 2.75) is 46.0 Å². The predicted octanol–water partition coefficient (Wildman–Crippen LogP) is 4.69. The van der Waals surface area contributed by atoms with Crippen LogP contribution in [-0.4, -0.2) is 0 Å². The maximum atomic E-state index is 5.52. The second kappa shape index (κ2) is 7.27. The van der Waals surface area contributed by atoms with Crippen LogP contribution in [-0.2, 0) is 6.42 Å². The van der Waals surface area contributed by atoms with Crippen molar-refractivity contribution in [3.63, 3.8) is 0 Å². The number of unbranched alkanes of at least 4 members (excludes halogenated alkanes) is 1. The zero-order chi connectivity index (χ0) is 11.8. The normalized spacial score (nSPS) is 12.4. The van der Waals surface area contributed by atoms with Crippen molar-refractivity contribution in [3.05, 3.63) is 42.0 Å². The van der Waals surface area contributed by atoms with E-state index < -0.39 is 0 Å². The lowest BCUT2D eigenvalue weighted by atomic mass is 9.91. The number of benzene rings is 1. The van der Waals surface area contributed by atoms with Crippen LogP contribution in [0.5, 0.6) is 0 Å². The lowest BCUT2D eigenvalue weighted by Crippen LogP contribution is -2.03. The minimum atomic E-state index is 0.796. The summed E-state index contributed by atoms with van der Waals surface area (Å²) in [5.41, 5.74) is 2.39. The summed E-state index contributed by atoms with van der Waals surface area (Å²) in [7, 11) is 0. The highest BCUT2D eigenvalue weighted by Crippen LogP contribution is 2.19. The van der Waals surface area contributed by atoms with Gasteiger partial charge < -0.3 is 0 Å². The molecule has 0 spiro atoms. The fraction of sp³-hybridized carbons (Fsp3) is 0.500. The van der Waals surface area contributed by atoms with Gasteiger partial charge in [0.25, 0.3) is 0 Å². The molecule has 0 saturated heterocycles. The molecule has 2 radical (unpaired) electrons. The monoisotopic (exact) mass is 214 g/mol. The summed E-state index contributed by atoms with van der Waals surface area (Å²) in [6.07, 6.45) is 8.00. The zero-order valence-corrected chi connectivity index (χ0v) is 10.5. The van der Waals surface area contributed by atoms with Gasteiger partial charge >= 0.3 is 0 Å². The van der Waals surface area contributed by atoms with Crippen molar-refractivity contribution < 1.29 is 0 Å². The van der Waals surface area contributed by atoms with Gasteiger partial charge in [0, 0.05) is 0 Å². The molecule has 16 heavy (non-hydrogen) atoms. The molecule has 0 aliphatic rings. The molecule has 1 aromatic carbocycles. The van der Waals surface area contributed by atoms with Crippen molar-refractivity contribution in [3.8, 4) is 0 Å². The Labute approximate surface area is 100 Å². The molecule has 0 fully saturated rings. The number of hydrogen-bond acceptors (Lipinski definition) is 0. The predicted molar refractivity (Wildman–Crippen MR) is 71.1 cm³/mol. The van der Waals surface area contributed by atoms with Gasteiger partial charge in [0.2, 0.25) is 0 Å². The first-order chi connectivity index (χ1) is 7.80. The highest BCUT2D eigenvalue weighted by atomic mass is 14.1. The third kappa shape index (κ3) is 4.22. The van der Waals surface area contributed by atoms with E-state index in [1.54, 1.807) is 6.08 Å². The van der Waals surface area contributed by atoms with Gasteiger partial charge in [-0.1, -0.05) is 70.4 Å². The third-order valence-electron chi connectivity index (χ3n) is 3.13. The minimum Gasteiger partial charge on any atom is -0.0654 e. The summed E-state index contributed by atoms with van der Waals surface area (Å²) < 4.78 is 0. The van der Waals surface area contributed by atoms with E-state index in [2.05, 4.69) is 26.0 Å². The Balaban J connectivity index is 2.58. The molecular weight excluding hydrogens is 192 g/mol. The smallest absolute Gasteiger partial charge is 0.0149 e. The van der Waals surface area contributed by atoms with Crippen molar-refractivity contribution in [2.24, 2.45) is 5.92 Å². The average molecular weight is 214 g/mol. The maximum absolute atomic E-state index is 5.52. The van der Waals surface area contributed by atoms with Crippen LogP contribution in [0.15, 0.2) is 18.2 Å². The van der Waals surface area contributed by atoms with E-state index in [0.29, 0.717) is 0 Å². The Morgan fingerprint density at radius 3 is 2.88 bits per heavy atom. The Hall–Kier alpha value is -1.04. The molecule has 1 aromatic rings. The van der Waals surface area contributed by atoms with Crippen LogP contribution in [0.1, 0.15) is 50.7 Å². The lowest BCUT2D eigenvalue weighted by molar-refractivity contribution is 0.449. The van der Waals surface area contributed by atoms with Crippen LogP contribution in [0.4, 0.5) is 0 Å². The summed E-state index contributed by atoms with van der Waals surface area (Å²) in [5.74, 6) is 0.796. The average Bonchev–Trinajstić information content (AvgIpc) is 2.34. The summed E-state index contributed by atoms with van der Waals surface area (Å²) in [6, 6.07) is 9.43. The molecular formula is C16H22. The largest absolute Gasteiger partial charge is 0.0654 e. The quantitative estimate of drug-likeness (QED) is 0.617. The third-order valence-corrected chi connectivity index (χ3v) is 3.13. The van der Waals surface area contributed by atoms with Crippen molar-refractivity contribution in [2.75, 3.05) is 0 Å². The summed E-state index contributed by atoms with van der Waals surface area (Å²) >= 11 is 0. The standard InChI is InChI=1S/C16H22/c1-4-7-9-14(5-2)12-16-11-8-10-15(6-3)13-16/h3,6,8,10,13-14H,4-5,7,9,12H2,1-2H3. The van der Waals surface area contributed by atoms with E-state index in [9.17, 15) is 0 Å². The van der Waals surface area contributed by atoms with E-state index in [4.69, 9.17) is 6.58 Å². The number of hydrogen-bond donors (Lipinski definition) is 0. The molecule has 0 aromatic heterocycles. The van der Waals surface area contributed by atoms with Gasteiger partial charge in [-0.3, -0.25) is 0 Å². The second-order valence-corrected chi connectivity index (χ2v) is 4.43. The second-order valence-electron chi connectivity index (χ2n) is 4.43. The molecule has 0 nitrogen and oxygen atoms in total. The topological polar surface area (TPSA) is 0 Å². The Kier molecular flexibility index (Phi) is 5.92. The summed E-state index contributed by atoms with van der Waals surface area (Å²) in [5, 5.41) is 0. The van der Waals surface area contributed by atoms with Crippen LogP contribution in [0, 0.1) is 18.6 Å². The minimum absolute atomic E-state index is 0.796. The van der Waals surface area contributed by atoms with E-state index in [1.807, 2.05) is 12.1 Å². The van der Waals surface area contributed by atoms with Gasteiger partial charge in [0.05, 0.1) is 0 Å². The van der Waals surface area contributed by atoms with Crippen LogP contribution in [0.25, 0.3) is 6.08 Å². The lowest BCUT2D eigenvalue weighted by Gasteiger charge is -2.14. The Bertz CT molecular complexity index is 312. The molecule has 0 amide bonds. The van der Waals surface area contributed by atoms with Gasteiger partial charge in [0.1, 0.15) is 0 Å². The molecule has 0 N–H and O–H groups in total. The van der Waals surface area contributed by atoms with Crippen LogP contribution in [0.2, 0.25) is 0 Å². The Morgan fingerprint density at radius 2 is 2.25 bits per heavy atom. The molecule has 1 atom stereocenters. The van der Waals surface area contributed by atoms with Crippen molar-refractivity contribution in [1.82, 2.24) is 0 Å². The molecule has 0 aliphatic heterocycles. The van der Waals surface area contributed by atoms with Gasteiger partial charge in [-0.15, -0.1) is 0 Å². The first-order valence-electron chi connectivity index (χ1n) is 6.35. The molecule has 0 saturated carbocycles. The van der Waals surface area contributed by atoms with Crippen molar-refractivity contribution >= 4 is 6.08 Å². The summed E-state index contributed by atoms with van der Waals surface area (Å²) in [4.78, 5) is 0. The zero-order valence-electron chi connectivity index (χ0n) is 10.5. The Morgan fingerprint density at radius 1 is 1.44 bits per heavy atom. The summed E-state index contributed by atoms with van der Waals surface area (Å²) in [6.45, 7) is 10.1. The van der Waals surface area contributed by atoms with Gasteiger partial charge in [-0.2, -0.15) is 0 Å². The first-order valence-corrected chi connectivity index (χ1v) is 6.35. The van der Waals surface area contributed by atoms with Crippen LogP contribution < -0.4 is 0 Å². The van der Waals surface area contributed by atoms with E-state index >= 15 is 0 Å². The molecule has 0 aliphatic carbocycles. The van der Waals surface area contributed by atoms with Crippen molar-refractivity contribution in [1.29, 1.82) is 0 Å².